The average molecular weight is 285 g/mol. The van der Waals surface area contributed by atoms with E-state index in [1.165, 1.54) is 11.1 Å². The van der Waals surface area contributed by atoms with Gasteiger partial charge in [0.15, 0.2) is 0 Å². The van der Waals surface area contributed by atoms with E-state index >= 15 is 0 Å². The maximum Gasteiger partial charge on any atom is 0.230 e. The van der Waals surface area contributed by atoms with Crippen LogP contribution >= 0.6 is 11.8 Å². The van der Waals surface area contributed by atoms with Crippen molar-refractivity contribution in [1.82, 2.24) is 5.32 Å². The molecule has 0 unspecified atom stereocenters. The number of aryl methyl sites for hydroxylation is 1. The van der Waals surface area contributed by atoms with Gasteiger partial charge in [-0.2, -0.15) is 0 Å². The van der Waals surface area contributed by atoms with Gasteiger partial charge in [0, 0.05) is 12.3 Å². The van der Waals surface area contributed by atoms with Gasteiger partial charge < -0.3 is 5.32 Å². The number of thioether (sulfide) groups is 1. The van der Waals surface area contributed by atoms with Crippen LogP contribution < -0.4 is 5.32 Å². The van der Waals surface area contributed by atoms with E-state index in [1.807, 2.05) is 30.3 Å². The van der Waals surface area contributed by atoms with Crippen molar-refractivity contribution in [2.24, 2.45) is 0 Å². The molecule has 2 rings (SSSR count). The lowest BCUT2D eigenvalue weighted by molar-refractivity contribution is -0.118. The minimum atomic E-state index is 0.0902. The van der Waals surface area contributed by atoms with Gasteiger partial charge in [0.05, 0.1) is 5.75 Å². The number of rotatable bonds is 6. The maximum absolute atomic E-state index is 11.8. The number of hydrogen-bond acceptors (Lipinski definition) is 2. The summed E-state index contributed by atoms with van der Waals surface area (Å²) in [5, 5.41) is 2.95. The molecule has 0 fully saturated rings. The third kappa shape index (κ3) is 5.10. The molecule has 0 aliphatic rings. The quantitative estimate of drug-likeness (QED) is 0.879. The maximum atomic E-state index is 11.8. The summed E-state index contributed by atoms with van der Waals surface area (Å²) < 4.78 is 0. The Morgan fingerprint density at radius 3 is 2.55 bits per heavy atom. The second kappa shape index (κ2) is 7.75. The lowest BCUT2D eigenvalue weighted by Gasteiger charge is -2.06. The normalized spacial score (nSPS) is 10.2. The van der Waals surface area contributed by atoms with E-state index < -0.39 is 0 Å². The Balaban J connectivity index is 1.68. The predicted molar refractivity (Wildman–Crippen MR) is 85.6 cm³/mol. The largest absolute Gasteiger partial charge is 0.351 e. The highest BCUT2D eigenvalue weighted by molar-refractivity contribution is 7.99. The van der Waals surface area contributed by atoms with Crippen LogP contribution in [0, 0.1) is 6.92 Å². The Kier molecular flexibility index (Phi) is 5.69. The molecule has 2 nitrogen and oxygen atoms in total. The van der Waals surface area contributed by atoms with E-state index in [2.05, 4.69) is 36.5 Å². The molecule has 2 aromatic rings. The topological polar surface area (TPSA) is 29.1 Å². The van der Waals surface area contributed by atoms with Gasteiger partial charge in [0.1, 0.15) is 0 Å². The van der Waals surface area contributed by atoms with Crippen LogP contribution in [0.15, 0.2) is 54.6 Å². The lowest BCUT2D eigenvalue weighted by atomic mass is 10.1. The van der Waals surface area contributed by atoms with Crippen LogP contribution in [0.2, 0.25) is 0 Å². The van der Waals surface area contributed by atoms with Crippen LogP contribution in [0.1, 0.15) is 16.7 Å². The molecule has 104 valence electrons. The summed E-state index contributed by atoms with van der Waals surface area (Å²) in [7, 11) is 0. The van der Waals surface area contributed by atoms with Crippen molar-refractivity contribution in [3.8, 4) is 0 Å². The Morgan fingerprint density at radius 1 is 1.05 bits per heavy atom. The van der Waals surface area contributed by atoms with E-state index in [1.54, 1.807) is 11.8 Å². The molecule has 1 amide bonds. The van der Waals surface area contributed by atoms with Crippen molar-refractivity contribution in [1.29, 1.82) is 0 Å². The first-order chi connectivity index (χ1) is 9.74. The van der Waals surface area contributed by atoms with Crippen LogP contribution in [-0.4, -0.2) is 11.7 Å². The Hall–Kier alpha value is -1.74. The minimum absolute atomic E-state index is 0.0902. The highest BCUT2D eigenvalue weighted by Gasteiger charge is 2.02. The number of nitrogens with one attached hydrogen (secondary N) is 1. The molecule has 0 aliphatic carbocycles. The van der Waals surface area contributed by atoms with Gasteiger partial charge in [-0.3, -0.25) is 4.79 Å². The molecule has 0 aromatic heterocycles. The highest BCUT2D eigenvalue weighted by Crippen LogP contribution is 2.11. The van der Waals surface area contributed by atoms with Crippen molar-refractivity contribution in [2.45, 2.75) is 19.2 Å². The summed E-state index contributed by atoms with van der Waals surface area (Å²) in [6, 6.07) is 18.4. The predicted octanol–water partition coefficient (Wildman–Crippen LogP) is 3.54. The van der Waals surface area contributed by atoms with E-state index in [4.69, 9.17) is 0 Å². The minimum Gasteiger partial charge on any atom is -0.351 e. The fourth-order valence-electron chi connectivity index (χ4n) is 1.91. The molecule has 0 saturated carbocycles. The molecule has 0 aliphatic heterocycles. The van der Waals surface area contributed by atoms with E-state index in [9.17, 15) is 4.79 Å². The summed E-state index contributed by atoms with van der Waals surface area (Å²) in [5.41, 5.74) is 3.62. The van der Waals surface area contributed by atoms with Crippen molar-refractivity contribution in [3.63, 3.8) is 0 Å². The molecule has 0 heterocycles. The summed E-state index contributed by atoms with van der Waals surface area (Å²) >= 11 is 1.64. The molecule has 0 radical (unpaired) electrons. The second-order valence-electron chi connectivity index (χ2n) is 4.74. The molecule has 3 heteroatoms. The fraction of sp³-hybridized carbons (Fsp3) is 0.235. The summed E-state index contributed by atoms with van der Waals surface area (Å²) in [4.78, 5) is 11.8. The number of amides is 1. The van der Waals surface area contributed by atoms with Crippen LogP contribution in [0.3, 0.4) is 0 Å². The van der Waals surface area contributed by atoms with Crippen molar-refractivity contribution in [3.05, 3.63) is 71.3 Å². The first-order valence-corrected chi connectivity index (χ1v) is 7.83. The van der Waals surface area contributed by atoms with Gasteiger partial charge in [0.25, 0.3) is 0 Å². The summed E-state index contributed by atoms with van der Waals surface area (Å²) in [6.45, 7) is 2.66. The van der Waals surface area contributed by atoms with Crippen LogP contribution in [0.5, 0.6) is 0 Å². The summed E-state index contributed by atoms with van der Waals surface area (Å²) in [6.07, 6.45) is 0. The van der Waals surface area contributed by atoms with Crippen molar-refractivity contribution >= 4 is 17.7 Å². The molecule has 0 spiro atoms. The molecule has 0 saturated heterocycles. The monoisotopic (exact) mass is 285 g/mol. The van der Waals surface area contributed by atoms with Crippen LogP contribution in [-0.2, 0) is 17.1 Å². The Bertz CT molecular complexity index is 554. The molecular weight excluding hydrogens is 266 g/mol. The van der Waals surface area contributed by atoms with Gasteiger partial charge in [-0.15, -0.1) is 11.8 Å². The highest BCUT2D eigenvalue weighted by atomic mass is 32.2. The zero-order valence-corrected chi connectivity index (χ0v) is 12.5. The zero-order chi connectivity index (χ0) is 14.2. The standard InChI is InChI=1S/C17H19NOS/c1-14-6-5-9-16(10-14)11-18-17(19)13-20-12-15-7-3-2-4-8-15/h2-10H,11-13H2,1H3,(H,18,19). The Morgan fingerprint density at radius 2 is 1.80 bits per heavy atom. The second-order valence-corrected chi connectivity index (χ2v) is 5.73. The number of carbonyl (C=O) groups is 1. The molecule has 2 aromatic carbocycles. The molecule has 20 heavy (non-hydrogen) atoms. The van der Waals surface area contributed by atoms with E-state index in [0.29, 0.717) is 12.3 Å². The third-order valence-electron chi connectivity index (χ3n) is 2.92. The number of benzene rings is 2. The van der Waals surface area contributed by atoms with Gasteiger partial charge in [-0.1, -0.05) is 60.2 Å². The smallest absolute Gasteiger partial charge is 0.230 e. The lowest BCUT2D eigenvalue weighted by Crippen LogP contribution is -2.24. The summed E-state index contributed by atoms with van der Waals surface area (Å²) in [5.74, 6) is 1.46. The van der Waals surface area contributed by atoms with Gasteiger partial charge >= 0.3 is 0 Å². The van der Waals surface area contributed by atoms with Gasteiger partial charge in [0.2, 0.25) is 5.91 Å². The SMILES string of the molecule is Cc1cccc(CNC(=O)CSCc2ccccc2)c1. The number of hydrogen-bond donors (Lipinski definition) is 1. The van der Waals surface area contributed by atoms with Gasteiger partial charge in [-0.05, 0) is 18.1 Å². The molecule has 0 bridgehead atoms. The average Bonchev–Trinajstić information content (AvgIpc) is 2.46. The van der Waals surface area contributed by atoms with Crippen molar-refractivity contribution in [2.75, 3.05) is 5.75 Å². The van der Waals surface area contributed by atoms with E-state index in [0.717, 1.165) is 11.3 Å². The van der Waals surface area contributed by atoms with E-state index in [-0.39, 0.29) is 5.91 Å². The Labute approximate surface area is 124 Å². The van der Waals surface area contributed by atoms with Crippen molar-refractivity contribution < 1.29 is 4.79 Å². The van der Waals surface area contributed by atoms with Crippen LogP contribution in [0.4, 0.5) is 0 Å². The molecule has 1 N–H and O–H groups in total. The zero-order valence-electron chi connectivity index (χ0n) is 11.6. The molecule has 0 atom stereocenters. The fourth-order valence-corrected chi connectivity index (χ4v) is 2.73. The first kappa shape index (κ1) is 14.7. The third-order valence-corrected chi connectivity index (χ3v) is 3.92. The first-order valence-electron chi connectivity index (χ1n) is 6.68. The van der Waals surface area contributed by atoms with Gasteiger partial charge in [-0.25, -0.2) is 0 Å². The van der Waals surface area contributed by atoms with Crippen LogP contribution in [0.25, 0.3) is 0 Å². The number of carbonyl (C=O) groups excluding carboxylic acids is 1. The molecular formula is C17H19NOS.